The number of nitrogens with zero attached hydrogens (tertiary/aromatic N) is 1. The van der Waals surface area contributed by atoms with Crippen molar-refractivity contribution in [3.63, 3.8) is 0 Å². The largest absolute Gasteiger partial charge is 0.394 e. The minimum atomic E-state index is 0.0839. The smallest absolute Gasteiger partial charge is 0.0698 e. The molecule has 2 aromatic rings. The average molecular weight is 276 g/mol. The van der Waals surface area contributed by atoms with Gasteiger partial charge in [0.25, 0.3) is 0 Å². The second-order valence-corrected chi connectivity index (χ2v) is 4.92. The predicted molar refractivity (Wildman–Crippen MR) is 81.8 cm³/mol. The predicted octanol–water partition coefficient (Wildman–Crippen LogP) is 2.15. The molecule has 2 N–H and O–H groups in total. The second kappa shape index (κ2) is 8.04. The van der Waals surface area contributed by atoms with Gasteiger partial charge in [-0.05, 0) is 42.1 Å². The first-order valence-corrected chi connectivity index (χ1v) is 7.32. The Labute approximate surface area is 120 Å². The Hall–Kier alpha value is -1.36. The minimum absolute atomic E-state index is 0.0839. The lowest BCUT2D eigenvalue weighted by Gasteiger charge is -2.07. The summed E-state index contributed by atoms with van der Waals surface area (Å²) in [6.07, 6.45) is 3.25. The van der Waals surface area contributed by atoms with Crippen molar-refractivity contribution in [1.82, 2.24) is 9.88 Å². The highest BCUT2D eigenvalue weighted by molar-refractivity contribution is 5.80. The molecule has 20 heavy (non-hydrogen) atoms. The molecule has 2 rings (SSSR count). The van der Waals surface area contributed by atoms with Crippen molar-refractivity contribution in [2.45, 2.75) is 26.4 Å². The summed E-state index contributed by atoms with van der Waals surface area (Å²) in [6, 6.07) is 8.73. The molecule has 0 aliphatic carbocycles. The van der Waals surface area contributed by atoms with Crippen LogP contribution in [0.3, 0.4) is 0 Å². The van der Waals surface area contributed by atoms with E-state index in [2.05, 4.69) is 47.3 Å². The van der Waals surface area contributed by atoms with Crippen LogP contribution in [-0.4, -0.2) is 36.0 Å². The number of ether oxygens (including phenoxy) is 1. The second-order valence-electron chi connectivity index (χ2n) is 4.92. The topological polar surface area (TPSA) is 46.4 Å². The van der Waals surface area contributed by atoms with Gasteiger partial charge in [-0.2, -0.15) is 0 Å². The minimum Gasteiger partial charge on any atom is -0.394 e. The summed E-state index contributed by atoms with van der Waals surface area (Å²) in [7, 11) is 0. The Kier molecular flexibility index (Phi) is 6.05. The SMILES string of the molecule is CCCNCc1ccc2c(ccn2CCOCCO)c1. The molecule has 0 bridgehead atoms. The zero-order chi connectivity index (χ0) is 14.2. The number of aliphatic hydroxyl groups is 1. The van der Waals surface area contributed by atoms with Crippen molar-refractivity contribution < 1.29 is 9.84 Å². The number of hydrogen-bond donors (Lipinski definition) is 2. The van der Waals surface area contributed by atoms with Crippen molar-refractivity contribution in [1.29, 1.82) is 0 Å². The molecule has 4 nitrogen and oxygen atoms in total. The summed E-state index contributed by atoms with van der Waals surface area (Å²) in [5.41, 5.74) is 2.55. The van der Waals surface area contributed by atoms with Gasteiger partial charge in [0.1, 0.15) is 0 Å². The number of benzene rings is 1. The first kappa shape index (κ1) is 15.0. The molecule has 1 aromatic heterocycles. The number of aromatic nitrogens is 1. The van der Waals surface area contributed by atoms with Crippen LogP contribution in [0.4, 0.5) is 0 Å². The number of rotatable bonds is 9. The van der Waals surface area contributed by atoms with Crippen LogP contribution in [0.5, 0.6) is 0 Å². The van der Waals surface area contributed by atoms with Crippen molar-refractivity contribution in [2.75, 3.05) is 26.4 Å². The van der Waals surface area contributed by atoms with Crippen LogP contribution in [-0.2, 0) is 17.8 Å². The lowest BCUT2D eigenvalue weighted by Crippen LogP contribution is -2.13. The first-order valence-electron chi connectivity index (χ1n) is 7.32. The molecular formula is C16H24N2O2. The molecule has 1 heterocycles. The van der Waals surface area contributed by atoms with E-state index in [1.165, 1.54) is 16.5 Å². The number of nitrogens with one attached hydrogen (secondary N) is 1. The van der Waals surface area contributed by atoms with Gasteiger partial charge >= 0.3 is 0 Å². The molecule has 0 fully saturated rings. The molecule has 0 radical (unpaired) electrons. The molecule has 0 saturated heterocycles. The van der Waals surface area contributed by atoms with Gasteiger partial charge in [0, 0.05) is 24.8 Å². The molecule has 0 amide bonds. The Balaban J connectivity index is 1.97. The fourth-order valence-corrected chi connectivity index (χ4v) is 2.29. The number of fused-ring (bicyclic) bond motifs is 1. The van der Waals surface area contributed by atoms with Gasteiger partial charge in [0.05, 0.1) is 19.8 Å². The average Bonchev–Trinajstić information content (AvgIpc) is 2.86. The zero-order valence-electron chi connectivity index (χ0n) is 12.1. The monoisotopic (exact) mass is 276 g/mol. The van der Waals surface area contributed by atoms with E-state index in [1.54, 1.807) is 0 Å². The van der Waals surface area contributed by atoms with Crippen LogP contribution in [0.25, 0.3) is 10.9 Å². The summed E-state index contributed by atoms with van der Waals surface area (Å²) in [5.74, 6) is 0. The fraction of sp³-hybridized carbons (Fsp3) is 0.500. The first-order chi connectivity index (χ1) is 9.85. The molecule has 0 atom stereocenters. The highest BCUT2D eigenvalue weighted by Gasteiger charge is 2.02. The Bertz CT molecular complexity index is 522. The molecule has 0 unspecified atom stereocenters. The maximum Gasteiger partial charge on any atom is 0.0698 e. The van der Waals surface area contributed by atoms with E-state index >= 15 is 0 Å². The summed E-state index contributed by atoms with van der Waals surface area (Å²) in [4.78, 5) is 0. The van der Waals surface area contributed by atoms with Gasteiger partial charge in [-0.15, -0.1) is 0 Å². The molecule has 0 aliphatic heterocycles. The van der Waals surface area contributed by atoms with Crippen LogP contribution in [0, 0.1) is 0 Å². The standard InChI is InChI=1S/C16H24N2O2/c1-2-6-17-13-14-3-4-16-15(12-14)5-7-18(16)8-10-20-11-9-19/h3-5,7,12,17,19H,2,6,8-11,13H2,1H3. The van der Waals surface area contributed by atoms with E-state index in [0.717, 1.165) is 26.1 Å². The summed E-state index contributed by atoms with van der Waals surface area (Å²) in [5, 5.41) is 13.4. The van der Waals surface area contributed by atoms with Crippen LogP contribution >= 0.6 is 0 Å². The van der Waals surface area contributed by atoms with E-state index in [1.807, 2.05) is 0 Å². The van der Waals surface area contributed by atoms with Crippen molar-refractivity contribution >= 4 is 10.9 Å². The van der Waals surface area contributed by atoms with Crippen molar-refractivity contribution in [3.05, 3.63) is 36.0 Å². The molecule has 4 heteroatoms. The van der Waals surface area contributed by atoms with Gasteiger partial charge in [-0.1, -0.05) is 13.0 Å². The zero-order valence-corrected chi connectivity index (χ0v) is 12.1. The summed E-state index contributed by atoms with van der Waals surface area (Å²) in [6.45, 7) is 6.10. The van der Waals surface area contributed by atoms with E-state index in [-0.39, 0.29) is 6.61 Å². The van der Waals surface area contributed by atoms with Gasteiger partial charge < -0.3 is 19.7 Å². The summed E-state index contributed by atoms with van der Waals surface area (Å²) >= 11 is 0. The third-order valence-corrected chi connectivity index (χ3v) is 3.30. The Morgan fingerprint density at radius 3 is 2.95 bits per heavy atom. The number of hydrogen-bond acceptors (Lipinski definition) is 3. The Morgan fingerprint density at radius 2 is 2.15 bits per heavy atom. The van der Waals surface area contributed by atoms with Crippen LogP contribution in [0.15, 0.2) is 30.5 Å². The molecule has 0 saturated carbocycles. The van der Waals surface area contributed by atoms with E-state index in [4.69, 9.17) is 9.84 Å². The quantitative estimate of drug-likeness (QED) is 0.690. The maximum absolute atomic E-state index is 8.68. The van der Waals surface area contributed by atoms with E-state index in [9.17, 15) is 0 Å². The number of aliphatic hydroxyl groups excluding tert-OH is 1. The Morgan fingerprint density at radius 1 is 1.25 bits per heavy atom. The van der Waals surface area contributed by atoms with E-state index < -0.39 is 0 Å². The maximum atomic E-state index is 8.68. The van der Waals surface area contributed by atoms with Gasteiger partial charge in [-0.25, -0.2) is 0 Å². The highest BCUT2D eigenvalue weighted by atomic mass is 16.5. The van der Waals surface area contributed by atoms with Crippen LogP contribution in [0.1, 0.15) is 18.9 Å². The van der Waals surface area contributed by atoms with Gasteiger partial charge in [0.2, 0.25) is 0 Å². The molecular weight excluding hydrogens is 252 g/mol. The lowest BCUT2D eigenvalue weighted by molar-refractivity contribution is 0.0875. The summed E-state index contributed by atoms with van der Waals surface area (Å²) < 4.78 is 7.50. The van der Waals surface area contributed by atoms with E-state index in [0.29, 0.717) is 13.2 Å². The van der Waals surface area contributed by atoms with Crippen molar-refractivity contribution in [3.8, 4) is 0 Å². The fourth-order valence-electron chi connectivity index (χ4n) is 2.29. The van der Waals surface area contributed by atoms with Gasteiger partial charge in [-0.3, -0.25) is 0 Å². The molecule has 110 valence electrons. The third kappa shape index (κ3) is 4.07. The molecule has 0 spiro atoms. The lowest BCUT2D eigenvalue weighted by atomic mass is 10.1. The van der Waals surface area contributed by atoms with Crippen molar-refractivity contribution in [2.24, 2.45) is 0 Å². The van der Waals surface area contributed by atoms with Gasteiger partial charge in [0.15, 0.2) is 0 Å². The van der Waals surface area contributed by atoms with Crippen LogP contribution < -0.4 is 5.32 Å². The van der Waals surface area contributed by atoms with Crippen LogP contribution in [0.2, 0.25) is 0 Å². The highest BCUT2D eigenvalue weighted by Crippen LogP contribution is 2.17. The third-order valence-electron chi connectivity index (χ3n) is 3.30. The molecule has 1 aromatic carbocycles. The molecule has 0 aliphatic rings. The normalized spacial score (nSPS) is 11.3.